The van der Waals surface area contributed by atoms with Crippen LogP contribution < -0.4 is 5.32 Å². The quantitative estimate of drug-likeness (QED) is 0.886. The van der Waals surface area contributed by atoms with Crippen molar-refractivity contribution in [3.05, 3.63) is 34.6 Å². The SMILES string of the molecule is O=C(NC1(C(=O)O)CCC1)c1ccc(F)cc1Cl. The monoisotopic (exact) mass is 271 g/mol. The third-order valence-corrected chi connectivity index (χ3v) is 3.46. The lowest BCUT2D eigenvalue weighted by molar-refractivity contribution is -0.148. The van der Waals surface area contributed by atoms with Gasteiger partial charge in [0.15, 0.2) is 0 Å². The Balaban J connectivity index is 2.19. The van der Waals surface area contributed by atoms with Crippen LogP contribution in [0.15, 0.2) is 18.2 Å². The van der Waals surface area contributed by atoms with E-state index in [1.165, 1.54) is 6.07 Å². The average molecular weight is 272 g/mol. The number of hydrogen-bond acceptors (Lipinski definition) is 2. The van der Waals surface area contributed by atoms with E-state index in [-0.39, 0.29) is 10.6 Å². The molecule has 1 aliphatic rings. The molecule has 0 bridgehead atoms. The van der Waals surface area contributed by atoms with Crippen molar-refractivity contribution in [2.75, 3.05) is 0 Å². The molecule has 4 nitrogen and oxygen atoms in total. The van der Waals surface area contributed by atoms with Crippen molar-refractivity contribution >= 4 is 23.5 Å². The molecule has 0 radical (unpaired) electrons. The highest BCUT2D eigenvalue weighted by molar-refractivity contribution is 6.33. The highest BCUT2D eigenvalue weighted by atomic mass is 35.5. The fraction of sp³-hybridized carbons (Fsp3) is 0.333. The maximum atomic E-state index is 12.8. The predicted molar refractivity (Wildman–Crippen MR) is 63.1 cm³/mol. The van der Waals surface area contributed by atoms with Crippen molar-refractivity contribution in [1.29, 1.82) is 0 Å². The molecule has 0 unspecified atom stereocenters. The summed E-state index contributed by atoms with van der Waals surface area (Å²) < 4.78 is 12.8. The van der Waals surface area contributed by atoms with Crippen LogP contribution in [0.1, 0.15) is 29.6 Å². The fourth-order valence-corrected chi connectivity index (χ4v) is 2.13. The summed E-state index contributed by atoms with van der Waals surface area (Å²) in [5.41, 5.74) is -1.12. The third-order valence-electron chi connectivity index (χ3n) is 3.15. The van der Waals surface area contributed by atoms with E-state index in [2.05, 4.69) is 5.32 Å². The van der Waals surface area contributed by atoms with Gasteiger partial charge in [0, 0.05) is 0 Å². The number of amides is 1. The summed E-state index contributed by atoms with van der Waals surface area (Å²) in [4.78, 5) is 23.0. The minimum Gasteiger partial charge on any atom is -0.480 e. The van der Waals surface area contributed by atoms with Gasteiger partial charge in [0.1, 0.15) is 11.4 Å². The van der Waals surface area contributed by atoms with Crippen molar-refractivity contribution < 1.29 is 19.1 Å². The zero-order valence-electron chi connectivity index (χ0n) is 9.37. The van der Waals surface area contributed by atoms with E-state index in [9.17, 15) is 14.0 Å². The van der Waals surface area contributed by atoms with Gasteiger partial charge in [-0.05, 0) is 37.5 Å². The first-order valence-corrected chi connectivity index (χ1v) is 5.83. The second-order valence-corrected chi connectivity index (χ2v) is 4.73. The van der Waals surface area contributed by atoms with E-state index in [1.807, 2.05) is 0 Å². The van der Waals surface area contributed by atoms with Crippen LogP contribution in [0.5, 0.6) is 0 Å². The summed E-state index contributed by atoms with van der Waals surface area (Å²) >= 11 is 5.75. The van der Waals surface area contributed by atoms with Crippen LogP contribution in [-0.4, -0.2) is 22.5 Å². The van der Waals surface area contributed by atoms with E-state index >= 15 is 0 Å². The summed E-state index contributed by atoms with van der Waals surface area (Å²) in [5.74, 6) is -2.20. The number of hydrogen-bond donors (Lipinski definition) is 2. The first-order chi connectivity index (χ1) is 8.44. The van der Waals surface area contributed by atoms with Gasteiger partial charge in [-0.25, -0.2) is 9.18 Å². The molecule has 0 spiro atoms. The first-order valence-electron chi connectivity index (χ1n) is 5.45. The number of halogens is 2. The molecule has 1 aromatic carbocycles. The van der Waals surface area contributed by atoms with Gasteiger partial charge in [0.2, 0.25) is 0 Å². The highest BCUT2D eigenvalue weighted by Gasteiger charge is 2.45. The lowest BCUT2D eigenvalue weighted by atomic mass is 9.76. The van der Waals surface area contributed by atoms with Gasteiger partial charge >= 0.3 is 5.97 Å². The molecule has 0 atom stereocenters. The van der Waals surface area contributed by atoms with Gasteiger partial charge in [-0.15, -0.1) is 0 Å². The van der Waals surface area contributed by atoms with Gasteiger partial charge < -0.3 is 10.4 Å². The summed E-state index contributed by atoms with van der Waals surface area (Å²) in [6.45, 7) is 0. The highest BCUT2D eigenvalue weighted by Crippen LogP contribution is 2.32. The Morgan fingerprint density at radius 3 is 2.50 bits per heavy atom. The molecule has 1 saturated carbocycles. The number of carboxylic acid groups (broad SMARTS) is 1. The number of carbonyl (C=O) groups is 2. The second kappa shape index (κ2) is 4.57. The number of rotatable bonds is 3. The summed E-state index contributed by atoms with van der Waals surface area (Å²) in [5, 5.41) is 11.5. The molecule has 0 aliphatic heterocycles. The van der Waals surface area contributed by atoms with E-state index in [0.29, 0.717) is 12.8 Å². The molecule has 2 N–H and O–H groups in total. The van der Waals surface area contributed by atoms with Crippen molar-refractivity contribution in [3.63, 3.8) is 0 Å². The minimum atomic E-state index is -1.20. The molecule has 1 amide bonds. The Morgan fingerprint density at radius 1 is 1.39 bits per heavy atom. The molecule has 1 aliphatic carbocycles. The van der Waals surface area contributed by atoms with Crippen molar-refractivity contribution in [1.82, 2.24) is 5.32 Å². The molecule has 0 saturated heterocycles. The smallest absolute Gasteiger partial charge is 0.329 e. The molecule has 6 heteroatoms. The normalized spacial score (nSPS) is 16.8. The molecule has 1 fully saturated rings. The Hall–Kier alpha value is -1.62. The van der Waals surface area contributed by atoms with Crippen LogP contribution in [0.25, 0.3) is 0 Å². The summed E-state index contributed by atoms with van der Waals surface area (Å²) in [7, 11) is 0. The lowest BCUT2D eigenvalue weighted by Crippen LogP contribution is -2.59. The molecule has 96 valence electrons. The molecule has 2 rings (SSSR count). The Labute approximate surface area is 108 Å². The van der Waals surface area contributed by atoms with Crippen LogP contribution in [0.2, 0.25) is 5.02 Å². The van der Waals surface area contributed by atoms with Gasteiger partial charge in [-0.3, -0.25) is 4.79 Å². The van der Waals surface area contributed by atoms with Crippen LogP contribution in [0.4, 0.5) is 4.39 Å². The lowest BCUT2D eigenvalue weighted by Gasteiger charge is -2.38. The van der Waals surface area contributed by atoms with Crippen molar-refractivity contribution in [3.8, 4) is 0 Å². The standard InChI is InChI=1S/C12H11ClFNO3/c13-9-6-7(14)2-3-8(9)10(16)15-12(11(17)18)4-1-5-12/h2-3,6H,1,4-5H2,(H,15,16)(H,17,18). The van der Waals surface area contributed by atoms with Crippen molar-refractivity contribution in [2.45, 2.75) is 24.8 Å². The number of aliphatic carboxylic acids is 1. The zero-order valence-corrected chi connectivity index (χ0v) is 10.1. The van der Waals surface area contributed by atoms with Crippen LogP contribution in [-0.2, 0) is 4.79 Å². The van der Waals surface area contributed by atoms with E-state index in [1.54, 1.807) is 0 Å². The Bertz CT molecular complexity index is 514. The minimum absolute atomic E-state index is 0.0348. The van der Waals surface area contributed by atoms with Crippen molar-refractivity contribution in [2.24, 2.45) is 0 Å². The zero-order chi connectivity index (χ0) is 13.3. The Kier molecular flexibility index (Phi) is 3.26. The van der Waals surface area contributed by atoms with Gasteiger partial charge in [-0.1, -0.05) is 11.6 Å². The predicted octanol–water partition coefficient (Wildman–Crippen LogP) is 2.22. The van der Waals surface area contributed by atoms with Gasteiger partial charge in [0.25, 0.3) is 5.91 Å². The molecular weight excluding hydrogens is 261 g/mol. The molecule has 1 aromatic rings. The average Bonchev–Trinajstić information content (AvgIpc) is 2.22. The van der Waals surface area contributed by atoms with Crippen LogP contribution in [0.3, 0.4) is 0 Å². The second-order valence-electron chi connectivity index (χ2n) is 4.32. The van der Waals surface area contributed by atoms with Gasteiger partial charge in [0.05, 0.1) is 10.6 Å². The van der Waals surface area contributed by atoms with Crippen LogP contribution in [0, 0.1) is 5.82 Å². The number of carboxylic acids is 1. The first kappa shape index (κ1) is 12.8. The molecular formula is C12H11ClFNO3. The summed E-state index contributed by atoms with van der Waals surface area (Å²) in [6, 6.07) is 3.36. The summed E-state index contributed by atoms with van der Waals surface area (Å²) in [6.07, 6.45) is 1.55. The maximum absolute atomic E-state index is 12.8. The largest absolute Gasteiger partial charge is 0.480 e. The maximum Gasteiger partial charge on any atom is 0.329 e. The van der Waals surface area contributed by atoms with E-state index in [0.717, 1.165) is 18.6 Å². The third kappa shape index (κ3) is 2.18. The molecule has 0 heterocycles. The van der Waals surface area contributed by atoms with Crippen LogP contribution >= 0.6 is 11.6 Å². The van der Waals surface area contributed by atoms with E-state index in [4.69, 9.17) is 16.7 Å². The Morgan fingerprint density at radius 2 is 2.06 bits per heavy atom. The molecule has 18 heavy (non-hydrogen) atoms. The number of benzene rings is 1. The topological polar surface area (TPSA) is 66.4 Å². The number of carbonyl (C=O) groups excluding carboxylic acids is 1. The van der Waals surface area contributed by atoms with Gasteiger partial charge in [-0.2, -0.15) is 0 Å². The fourth-order valence-electron chi connectivity index (χ4n) is 1.88. The molecule has 0 aromatic heterocycles. The van der Waals surface area contributed by atoms with E-state index < -0.39 is 23.2 Å². The number of nitrogens with one attached hydrogen (secondary N) is 1.